The smallest absolute Gasteiger partial charge is 0.373 e. The highest BCUT2D eigenvalue weighted by Gasteiger charge is 2.61. The van der Waals surface area contributed by atoms with E-state index < -0.39 is 8.80 Å². The number of hydrogen-bond acceptors (Lipinski definition) is 3. The average Bonchev–Trinajstić information content (AvgIpc) is 2.28. The van der Waals surface area contributed by atoms with Crippen molar-refractivity contribution in [1.82, 2.24) is 0 Å². The molecule has 0 saturated carbocycles. The van der Waals surface area contributed by atoms with Crippen LogP contribution in [0, 0.1) is 11.8 Å². The lowest BCUT2D eigenvalue weighted by Gasteiger charge is -2.48. The molecule has 0 bridgehead atoms. The Bertz CT molecular complexity index is 204. The molecule has 110 valence electrons. The molecule has 0 atom stereocenters. The van der Waals surface area contributed by atoms with E-state index in [1.807, 2.05) is 20.8 Å². The first-order valence-electron chi connectivity index (χ1n) is 7.24. The van der Waals surface area contributed by atoms with Gasteiger partial charge in [-0.15, -0.1) is 0 Å². The molecular weight excluding hydrogens is 244 g/mol. The van der Waals surface area contributed by atoms with Crippen molar-refractivity contribution >= 4 is 8.80 Å². The molecule has 0 fully saturated rings. The van der Waals surface area contributed by atoms with Crippen LogP contribution >= 0.6 is 0 Å². The van der Waals surface area contributed by atoms with Gasteiger partial charge in [0.15, 0.2) is 0 Å². The maximum absolute atomic E-state index is 6.09. The maximum Gasteiger partial charge on any atom is 0.507 e. The summed E-state index contributed by atoms with van der Waals surface area (Å²) in [5.41, 5.74) is 0. The van der Waals surface area contributed by atoms with E-state index in [0.29, 0.717) is 31.7 Å². The molecule has 0 radical (unpaired) electrons. The van der Waals surface area contributed by atoms with Gasteiger partial charge in [-0.25, -0.2) is 0 Å². The van der Waals surface area contributed by atoms with Gasteiger partial charge in [-0.1, -0.05) is 34.6 Å². The second kappa shape index (κ2) is 7.63. The molecule has 18 heavy (non-hydrogen) atoms. The minimum atomic E-state index is -2.68. The lowest BCUT2D eigenvalue weighted by atomic mass is 9.86. The molecule has 0 aromatic rings. The highest BCUT2D eigenvalue weighted by molar-refractivity contribution is 6.64. The molecule has 0 rings (SSSR count). The van der Waals surface area contributed by atoms with Gasteiger partial charge < -0.3 is 13.3 Å². The largest absolute Gasteiger partial charge is 0.507 e. The number of hydrogen-bond donors (Lipinski definition) is 0. The van der Waals surface area contributed by atoms with Crippen molar-refractivity contribution in [2.75, 3.05) is 19.8 Å². The summed E-state index contributed by atoms with van der Waals surface area (Å²) >= 11 is 0. The molecule has 0 spiro atoms. The summed E-state index contributed by atoms with van der Waals surface area (Å²) in [7, 11) is -2.68. The first-order chi connectivity index (χ1) is 8.32. The van der Waals surface area contributed by atoms with Crippen LogP contribution < -0.4 is 0 Å². The van der Waals surface area contributed by atoms with E-state index in [-0.39, 0.29) is 5.04 Å². The summed E-state index contributed by atoms with van der Waals surface area (Å²) < 4.78 is 18.3. The van der Waals surface area contributed by atoms with Crippen molar-refractivity contribution in [1.29, 1.82) is 0 Å². The predicted octanol–water partition coefficient (Wildman–Crippen LogP) is 4.11. The van der Waals surface area contributed by atoms with E-state index in [1.165, 1.54) is 0 Å². The zero-order valence-corrected chi connectivity index (χ0v) is 14.5. The third-order valence-corrected chi connectivity index (χ3v) is 8.54. The Labute approximate surface area is 115 Å². The first kappa shape index (κ1) is 18.1. The first-order valence-corrected chi connectivity index (χ1v) is 8.96. The van der Waals surface area contributed by atoms with Gasteiger partial charge in [0.2, 0.25) is 0 Å². The van der Waals surface area contributed by atoms with E-state index in [4.69, 9.17) is 13.3 Å². The summed E-state index contributed by atoms with van der Waals surface area (Å²) in [5, 5.41) is -0.0605. The zero-order valence-electron chi connectivity index (χ0n) is 13.5. The Hall–Kier alpha value is 0.0969. The minimum absolute atomic E-state index is 0.0605. The maximum atomic E-state index is 6.09. The van der Waals surface area contributed by atoms with Crippen LogP contribution in [0.2, 0.25) is 5.04 Å². The predicted molar refractivity (Wildman–Crippen MR) is 78.7 cm³/mol. The lowest BCUT2D eigenvalue weighted by Crippen LogP contribution is -2.59. The van der Waals surface area contributed by atoms with Gasteiger partial charge in [0.25, 0.3) is 0 Å². The fraction of sp³-hybridized carbons (Fsp3) is 1.00. The Kier molecular flexibility index (Phi) is 7.67. The van der Waals surface area contributed by atoms with Gasteiger partial charge in [0, 0.05) is 24.9 Å². The summed E-state index contributed by atoms with van der Waals surface area (Å²) in [6, 6.07) is 0. The van der Waals surface area contributed by atoms with Gasteiger partial charge >= 0.3 is 8.80 Å². The third kappa shape index (κ3) is 3.35. The van der Waals surface area contributed by atoms with Crippen LogP contribution in [0.15, 0.2) is 0 Å². The van der Waals surface area contributed by atoms with Gasteiger partial charge in [-0.05, 0) is 32.6 Å². The van der Waals surface area contributed by atoms with Crippen LogP contribution in [0.3, 0.4) is 0 Å². The molecule has 0 aromatic carbocycles. The topological polar surface area (TPSA) is 27.7 Å². The van der Waals surface area contributed by atoms with Crippen LogP contribution in [0.5, 0.6) is 0 Å². The van der Waals surface area contributed by atoms with Crippen molar-refractivity contribution in [3.8, 4) is 0 Å². The van der Waals surface area contributed by atoms with E-state index in [2.05, 4.69) is 34.6 Å². The average molecular weight is 276 g/mol. The van der Waals surface area contributed by atoms with Crippen LogP contribution in [0.25, 0.3) is 0 Å². The second-order valence-electron chi connectivity index (χ2n) is 5.45. The van der Waals surface area contributed by atoms with E-state index >= 15 is 0 Å². The van der Waals surface area contributed by atoms with Crippen molar-refractivity contribution in [3.05, 3.63) is 0 Å². The van der Waals surface area contributed by atoms with Gasteiger partial charge in [0.1, 0.15) is 0 Å². The Morgan fingerprint density at radius 2 is 1.06 bits per heavy atom. The second-order valence-corrected chi connectivity index (χ2v) is 8.50. The molecule has 0 heterocycles. The minimum Gasteiger partial charge on any atom is -0.373 e. The molecule has 0 aliphatic rings. The van der Waals surface area contributed by atoms with E-state index in [9.17, 15) is 0 Å². The van der Waals surface area contributed by atoms with Crippen molar-refractivity contribution < 1.29 is 13.3 Å². The van der Waals surface area contributed by atoms with Gasteiger partial charge in [-0.2, -0.15) is 0 Å². The molecule has 3 nitrogen and oxygen atoms in total. The molecule has 0 aliphatic heterocycles. The number of rotatable bonds is 9. The van der Waals surface area contributed by atoms with Gasteiger partial charge in [0.05, 0.1) is 0 Å². The van der Waals surface area contributed by atoms with Crippen LogP contribution in [-0.2, 0) is 13.3 Å². The standard InChI is InChI=1S/C14H32O3Si/c1-9-15-18(16-10-2,17-11-3)14(8,12(4)5)13(6)7/h12-13H,9-11H2,1-8H3. The molecule has 0 amide bonds. The highest BCUT2D eigenvalue weighted by atomic mass is 28.4. The van der Waals surface area contributed by atoms with Crippen molar-refractivity contribution in [2.45, 2.75) is 60.4 Å². The molecule has 0 N–H and O–H groups in total. The quantitative estimate of drug-likeness (QED) is 0.593. The lowest BCUT2D eigenvalue weighted by molar-refractivity contribution is 0.0250. The normalized spacial score (nSPS) is 13.7. The molecule has 0 saturated heterocycles. The molecule has 0 aliphatic carbocycles. The van der Waals surface area contributed by atoms with Crippen LogP contribution in [0.4, 0.5) is 0 Å². The van der Waals surface area contributed by atoms with Crippen molar-refractivity contribution in [3.63, 3.8) is 0 Å². The Morgan fingerprint density at radius 1 is 0.778 bits per heavy atom. The monoisotopic (exact) mass is 276 g/mol. The van der Waals surface area contributed by atoms with E-state index in [1.54, 1.807) is 0 Å². The fourth-order valence-electron chi connectivity index (χ4n) is 2.54. The molecule has 0 aromatic heterocycles. The summed E-state index contributed by atoms with van der Waals surface area (Å²) in [5.74, 6) is 0.905. The third-order valence-electron chi connectivity index (χ3n) is 4.06. The zero-order chi connectivity index (χ0) is 14.4. The Morgan fingerprint density at radius 3 is 1.22 bits per heavy atom. The molecular formula is C14H32O3Si. The molecule has 0 unspecified atom stereocenters. The van der Waals surface area contributed by atoms with Crippen LogP contribution in [0.1, 0.15) is 55.4 Å². The SMILES string of the molecule is CCO[Si](OCC)(OCC)C(C)(C(C)C)C(C)C. The highest BCUT2D eigenvalue weighted by Crippen LogP contribution is 2.52. The van der Waals surface area contributed by atoms with E-state index in [0.717, 1.165) is 0 Å². The summed E-state index contributed by atoms with van der Waals surface area (Å²) in [4.78, 5) is 0. The molecule has 4 heteroatoms. The Balaban J connectivity index is 5.58. The van der Waals surface area contributed by atoms with Crippen molar-refractivity contribution in [2.24, 2.45) is 11.8 Å². The summed E-state index contributed by atoms with van der Waals surface area (Å²) in [6.07, 6.45) is 0. The van der Waals surface area contributed by atoms with Crippen LogP contribution in [-0.4, -0.2) is 28.6 Å². The summed E-state index contributed by atoms with van der Waals surface area (Å²) in [6.45, 7) is 19.2. The van der Waals surface area contributed by atoms with Gasteiger partial charge in [-0.3, -0.25) is 0 Å². The fourth-order valence-corrected chi connectivity index (χ4v) is 6.27.